The standard InChI is InChI=1S/C14H20ClFN2/c1-14(2)9-17-6-5-13(14)18-8-10-3-4-12(16)11(15)7-10/h3-4,7,13,17-18H,5-6,8-9H2,1-2H3. The van der Waals surface area contributed by atoms with Gasteiger partial charge in [0.25, 0.3) is 0 Å². The number of benzene rings is 1. The zero-order valence-electron chi connectivity index (χ0n) is 10.9. The molecule has 1 aromatic carbocycles. The summed E-state index contributed by atoms with van der Waals surface area (Å²) in [5.41, 5.74) is 1.26. The van der Waals surface area contributed by atoms with Gasteiger partial charge in [-0.15, -0.1) is 0 Å². The summed E-state index contributed by atoms with van der Waals surface area (Å²) in [6, 6.07) is 5.37. The summed E-state index contributed by atoms with van der Waals surface area (Å²) in [7, 11) is 0. The van der Waals surface area contributed by atoms with Crippen molar-refractivity contribution in [3.8, 4) is 0 Å². The molecule has 2 rings (SSSR count). The lowest BCUT2D eigenvalue weighted by molar-refractivity contribution is 0.184. The molecule has 1 heterocycles. The van der Waals surface area contributed by atoms with Crippen LogP contribution in [0.4, 0.5) is 4.39 Å². The number of nitrogens with one attached hydrogen (secondary N) is 2. The van der Waals surface area contributed by atoms with Crippen LogP contribution in [0.3, 0.4) is 0 Å². The smallest absolute Gasteiger partial charge is 0.141 e. The molecule has 2 nitrogen and oxygen atoms in total. The van der Waals surface area contributed by atoms with Crippen LogP contribution in [-0.2, 0) is 6.54 Å². The zero-order chi connectivity index (χ0) is 13.2. The van der Waals surface area contributed by atoms with Crippen molar-refractivity contribution in [1.82, 2.24) is 10.6 Å². The van der Waals surface area contributed by atoms with Crippen molar-refractivity contribution in [3.05, 3.63) is 34.6 Å². The number of halogens is 2. The van der Waals surface area contributed by atoms with Gasteiger partial charge in [-0.2, -0.15) is 0 Å². The first-order valence-corrected chi connectivity index (χ1v) is 6.75. The largest absolute Gasteiger partial charge is 0.316 e. The molecule has 18 heavy (non-hydrogen) atoms. The minimum absolute atomic E-state index is 0.193. The van der Waals surface area contributed by atoms with E-state index in [1.165, 1.54) is 6.07 Å². The maximum absolute atomic E-state index is 13.1. The monoisotopic (exact) mass is 270 g/mol. The Kier molecular flexibility index (Phi) is 4.25. The van der Waals surface area contributed by atoms with Crippen LogP contribution in [0.25, 0.3) is 0 Å². The average Bonchev–Trinajstić information content (AvgIpc) is 2.31. The van der Waals surface area contributed by atoms with E-state index >= 15 is 0 Å². The SMILES string of the molecule is CC1(C)CNCCC1NCc1ccc(F)c(Cl)c1. The van der Waals surface area contributed by atoms with Gasteiger partial charge in [-0.25, -0.2) is 4.39 Å². The van der Waals surface area contributed by atoms with Crippen LogP contribution in [-0.4, -0.2) is 19.1 Å². The highest BCUT2D eigenvalue weighted by molar-refractivity contribution is 6.30. The van der Waals surface area contributed by atoms with Crippen LogP contribution in [0.5, 0.6) is 0 Å². The first-order valence-electron chi connectivity index (χ1n) is 6.37. The van der Waals surface area contributed by atoms with Crippen molar-refractivity contribution in [2.24, 2.45) is 5.41 Å². The molecule has 0 radical (unpaired) electrons. The number of hydrogen-bond donors (Lipinski definition) is 2. The molecule has 0 bridgehead atoms. The number of rotatable bonds is 3. The molecule has 1 aromatic rings. The predicted octanol–water partition coefficient (Wildman–Crippen LogP) is 2.96. The second-order valence-corrected chi connectivity index (χ2v) is 6.04. The molecule has 1 aliphatic rings. The molecular weight excluding hydrogens is 251 g/mol. The fraction of sp³-hybridized carbons (Fsp3) is 0.571. The third-order valence-electron chi connectivity index (χ3n) is 3.67. The highest BCUT2D eigenvalue weighted by Crippen LogP contribution is 2.25. The lowest BCUT2D eigenvalue weighted by Gasteiger charge is -2.39. The van der Waals surface area contributed by atoms with E-state index in [0.717, 1.165) is 31.6 Å². The summed E-state index contributed by atoms with van der Waals surface area (Å²) in [5.74, 6) is -0.359. The lowest BCUT2D eigenvalue weighted by atomic mass is 9.80. The molecule has 2 N–H and O–H groups in total. The fourth-order valence-electron chi connectivity index (χ4n) is 2.44. The first kappa shape index (κ1) is 13.8. The Labute approximate surface area is 113 Å². The molecule has 1 atom stereocenters. The van der Waals surface area contributed by atoms with E-state index in [4.69, 9.17) is 11.6 Å². The predicted molar refractivity (Wildman–Crippen MR) is 73.3 cm³/mol. The quantitative estimate of drug-likeness (QED) is 0.882. The van der Waals surface area contributed by atoms with Crippen molar-refractivity contribution in [2.45, 2.75) is 32.9 Å². The van der Waals surface area contributed by atoms with Crippen LogP contribution >= 0.6 is 11.6 Å². The van der Waals surface area contributed by atoms with Gasteiger partial charge in [0.05, 0.1) is 5.02 Å². The Balaban J connectivity index is 1.96. The molecule has 1 aliphatic heterocycles. The minimum Gasteiger partial charge on any atom is -0.316 e. The third-order valence-corrected chi connectivity index (χ3v) is 3.96. The van der Waals surface area contributed by atoms with Crippen LogP contribution in [0.1, 0.15) is 25.8 Å². The van der Waals surface area contributed by atoms with E-state index in [9.17, 15) is 4.39 Å². The van der Waals surface area contributed by atoms with E-state index in [1.807, 2.05) is 0 Å². The minimum atomic E-state index is -0.359. The van der Waals surface area contributed by atoms with Gasteiger partial charge in [-0.05, 0) is 36.1 Å². The summed E-state index contributed by atoms with van der Waals surface area (Å²) in [5, 5.41) is 7.16. The Morgan fingerprint density at radius 3 is 2.94 bits per heavy atom. The number of piperidine rings is 1. The molecule has 0 aliphatic carbocycles. The van der Waals surface area contributed by atoms with Gasteiger partial charge < -0.3 is 10.6 Å². The normalized spacial score (nSPS) is 23.0. The van der Waals surface area contributed by atoms with Crippen molar-refractivity contribution in [3.63, 3.8) is 0 Å². The van der Waals surface area contributed by atoms with E-state index in [-0.39, 0.29) is 16.3 Å². The molecule has 1 unspecified atom stereocenters. The van der Waals surface area contributed by atoms with Crippen molar-refractivity contribution in [2.75, 3.05) is 13.1 Å². The van der Waals surface area contributed by atoms with Crippen LogP contribution in [0.2, 0.25) is 5.02 Å². The van der Waals surface area contributed by atoms with Gasteiger partial charge in [0.1, 0.15) is 5.82 Å². The molecule has 0 saturated carbocycles. The van der Waals surface area contributed by atoms with Crippen LogP contribution in [0.15, 0.2) is 18.2 Å². The molecule has 0 amide bonds. The van der Waals surface area contributed by atoms with E-state index < -0.39 is 0 Å². The zero-order valence-corrected chi connectivity index (χ0v) is 11.6. The summed E-state index contributed by atoms with van der Waals surface area (Å²) < 4.78 is 13.1. The van der Waals surface area contributed by atoms with E-state index in [1.54, 1.807) is 12.1 Å². The van der Waals surface area contributed by atoms with Gasteiger partial charge in [0, 0.05) is 19.1 Å². The molecule has 0 aromatic heterocycles. The van der Waals surface area contributed by atoms with E-state index in [2.05, 4.69) is 24.5 Å². The van der Waals surface area contributed by atoms with Gasteiger partial charge in [0.15, 0.2) is 0 Å². The molecule has 1 saturated heterocycles. The Bertz CT molecular complexity index is 420. The van der Waals surface area contributed by atoms with Gasteiger partial charge in [0.2, 0.25) is 0 Å². The molecular formula is C14H20ClFN2. The van der Waals surface area contributed by atoms with Crippen LogP contribution in [0, 0.1) is 11.2 Å². The highest BCUT2D eigenvalue weighted by atomic mass is 35.5. The Morgan fingerprint density at radius 2 is 2.28 bits per heavy atom. The average molecular weight is 271 g/mol. The maximum atomic E-state index is 13.1. The van der Waals surface area contributed by atoms with Crippen molar-refractivity contribution in [1.29, 1.82) is 0 Å². The van der Waals surface area contributed by atoms with Gasteiger partial charge in [-0.1, -0.05) is 31.5 Å². The molecule has 100 valence electrons. The van der Waals surface area contributed by atoms with Crippen molar-refractivity contribution < 1.29 is 4.39 Å². The third kappa shape index (κ3) is 3.22. The Hall–Kier alpha value is -0.640. The first-order chi connectivity index (χ1) is 8.49. The Morgan fingerprint density at radius 1 is 1.50 bits per heavy atom. The van der Waals surface area contributed by atoms with E-state index in [0.29, 0.717) is 6.04 Å². The van der Waals surface area contributed by atoms with Gasteiger partial charge >= 0.3 is 0 Å². The summed E-state index contributed by atoms with van der Waals surface area (Å²) >= 11 is 5.78. The summed E-state index contributed by atoms with van der Waals surface area (Å²) in [6.45, 7) is 7.32. The highest BCUT2D eigenvalue weighted by Gasteiger charge is 2.31. The topological polar surface area (TPSA) is 24.1 Å². The van der Waals surface area contributed by atoms with Crippen LogP contribution < -0.4 is 10.6 Å². The second-order valence-electron chi connectivity index (χ2n) is 5.64. The van der Waals surface area contributed by atoms with Crippen molar-refractivity contribution >= 4 is 11.6 Å². The summed E-state index contributed by atoms with van der Waals surface area (Å²) in [4.78, 5) is 0. The molecule has 0 spiro atoms. The lowest BCUT2D eigenvalue weighted by Crippen LogP contribution is -2.52. The molecule has 4 heteroatoms. The fourth-order valence-corrected chi connectivity index (χ4v) is 2.64. The summed E-state index contributed by atoms with van der Waals surface area (Å²) in [6.07, 6.45) is 1.11. The molecule has 1 fully saturated rings. The van der Waals surface area contributed by atoms with Gasteiger partial charge in [-0.3, -0.25) is 0 Å². The number of hydrogen-bond acceptors (Lipinski definition) is 2. The maximum Gasteiger partial charge on any atom is 0.141 e. The second kappa shape index (κ2) is 5.55.